The summed E-state index contributed by atoms with van der Waals surface area (Å²) in [7, 11) is 0. The number of ether oxygens (including phenoxy) is 2. The Morgan fingerprint density at radius 2 is 2.00 bits per heavy atom. The van der Waals surface area contributed by atoms with Crippen molar-refractivity contribution >= 4 is 41.0 Å². The van der Waals surface area contributed by atoms with Gasteiger partial charge in [0.1, 0.15) is 17.3 Å². The monoisotopic (exact) mass is 565 g/mol. The van der Waals surface area contributed by atoms with Gasteiger partial charge in [0, 0.05) is 46.6 Å². The van der Waals surface area contributed by atoms with Crippen molar-refractivity contribution in [1.29, 1.82) is 0 Å². The van der Waals surface area contributed by atoms with Crippen LogP contribution in [0.1, 0.15) is 37.3 Å². The molecule has 12 heteroatoms. The first-order valence-electron chi connectivity index (χ1n) is 12.2. The Bertz CT molecular complexity index is 1280. The van der Waals surface area contributed by atoms with Gasteiger partial charge in [-0.25, -0.2) is 4.39 Å². The van der Waals surface area contributed by atoms with Gasteiger partial charge >= 0.3 is 5.97 Å². The highest BCUT2D eigenvalue weighted by atomic mass is 35.5. The van der Waals surface area contributed by atoms with E-state index >= 15 is 0 Å². The Hall–Kier alpha value is -3.08. The van der Waals surface area contributed by atoms with E-state index in [0.717, 1.165) is 18.9 Å². The van der Waals surface area contributed by atoms with Gasteiger partial charge in [0.25, 0.3) is 11.8 Å². The Labute approximate surface area is 228 Å². The molecular weight excluding hydrogens is 540 g/mol. The van der Waals surface area contributed by atoms with E-state index < -0.39 is 29.5 Å². The summed E-state index contributed by atoms with van der Waals surface area (Å²) < 4.78 is 24.9. The molecule has 2 aromatic carbocycles. The Kier molecular flexibility index (Phi) is 7.39. The second-order valence-corrected chi connectivity index (χ2v) is 10.7. The number of aliphatic carboxylic acids is 1. The predicted molar refractivity (Wildman–Crippen MR) is 136 cm³/mol. The number of hydrogen-bond donors (Lipinski definition) is 4. The third-order valence-electron chi connectivity index (χ3n) is 7.52. The summed E-state index contributed by atoms with van der Waals surface area (Å²) in [6, 6.07) is 8.46. The zero-order chi connectivity index (χ0) is 27.0. The number of hydrogen-bond acceptors (Lipinski definition) is 6. The first kappa shape index (κ1) is 26.5. The second kappa shape index (κ2) is 10.6. The maximum absolute atomic E-state index is 13.6. The highest BCUT2D eigenvalue weighted by Gasteiger charge is 2.61. The zero-order valence-corrected chi connectivity index (χ0v) is 21.7. The second-order valence-electron chi connectivity index (χ2n) is 9.88. The van der Waals surface area contributed by atoms with Crippen LogP contribution in [0.2, 0.25) is 10.0 Å². The number of carbonyl (C=O) groups excluding carboxylic acids is 2. The van der Waals surface area contributed by atoms with E-state index in [-0.39, 0.29) is 54.1 Å². The fourth-order valence-electron chi connectivity index (χ4n) is 5.54. The topological polar surface area (TPSA) is 126 Å². The van der Waals surface area contributed by atoms with E-state index in [0.29, 0.717) is 22.8 Å². The molecule has 0 bridgehead atoms. The van der Waals surface area contributed by atoms with Gasteiger partial charge in [-0.2, -0.15) is 0 Å². The molecule has 0 spiro atoms. The molecule has 5 atom stereocenters. The molecule has 202 valence electrons. The number of carboxylic acid groups (broad SMARTS) is 1. The van der Waals surface area contributed by atoms with Crippen molar-refractivity contribution in [2.75, 3.05) is 13.2 Å². The SMILES string of the molecule is O=C(O)CNC1CC(C(=O)NC2CC3(NC(=O)COc4ccc(Cl)c(F)c4)CCC23)Oc2ccc(Cl)cc21. The number of amides is 2. The van der Waals surface area contributed by atoms with Crippen LogP contribution in [0.15, 0.2) is 36.4 Å². The fraction of sp³-hybridized carbons (Fsp3) is 0.423. The highest BCUT2D eigenvalue weighted by Crippen LogP contribution is 2.54. The molecule has 0 radical (unpaired) electrons. The molecule has 9 nitrogen and oxygen atoms in total. The van der Waals surface area contributed by atoms with Crippen molar-refractivity contribution in [3.8, 4) is 11.5 Å². The molecule has 0 aromatic heterocycles. The maximum atomic E-state index is 13.6. The van der Waals surface area contributed by atoms with E-state index in [1.54, 1.807) is 18.2 Å². The largest absolute Gasteiger partial charge is 0.484 e. The lowest BCUT2D eigenvalue weighted by molar-refractivity contribution is -0.141. The average molecular weight is 566 g/mol. The summed E-state index contributed by atoms with van der Waals surface area (Å²) in [6.45, 7) is -0.537. The minimum absolute atomic E-state index is 0.0279. The van der Waals surface area contributed by atoms with Crippen LogP contribution in [-0.4, -0.2) is 53.7 Å². The molecule has 38 heavy (non-hydrogen) atoms. The summed E-state index contributed by atoms with van der Waals surface area (Å²) >= 11 is 11.8. The molecule has 5 rings (SSSR count). The summed E-state index contributed by atoms with van der Waals surface area (Å²) in [5.74, 6) is -1.49. The number of nitrogens with one attached hydrogen (secondary N) is 3. The quantitative estimate of drug-likeness (QED) is 0.367. The molecule has 1 heterocycles. The van der Waals surface area contributed by atoms with Crippen molar-refractivity contribution in [1.82, 2.24) is 16.0 Å². The molecular formula is C26H26Cl2FN3O6. The van der Waals surface area contributed by atoms with Gasteiger partial charge in [0.05, 0.1) is 11.6 Å². The molecule has 2 aromatic rings. The van der Waals surface area contributed by atoms with Crippen molar-refractivity contribution in [3.63, 3.8) is 0 Å². The van der Waals surface area contributed by atoms with Crippen molar-refractivity contribution < 1.29 is 33.4 Å². The minimum Gasteiger partial charge on any atom is -0.484 e. The first-order valence-corrected chi connectivity index (χ1v) is 13.0. The van der Waals surface area contributed by atoms with Crippen LogP contribution >= 0.6 is 23.2 Å². The third-order valence-corrected chi connectivity index (χ3v) is 8.06. The van der Waals surface area contributed by atoms with Gasteiger partial charge in [-0.1, -0.05) is 23.2 Å². The van der Waals surface area contributed by atoms with Gasteiger partial charge in [-0.15, -0.1) is 0 Å². The summed E-state index contributed by atoms with van der Waals surface area (Å²) in [5, 5.41) is 18.6. The van der Waals surface area contributed by atoms with Crippen LogP contribution in [0.25, 0.3) is 0 Å². The van der Waals surface area contributed by atoms with Gasteiger partial charge in [0.15, 0.2) is 12.7 Å². The lowest BCUT2D eigenvalue weighted by Gasteiger charge is -2.63. The number of halogens is 3. The smallest absolute Gasteiger partial charge is 0.317 e. The fourth-order valence-corrected chi connectivity index (χ4v) is 5.84. The number of carbonyl (C=O) groups is 3. The van der Waals surface area contributed by atoms with Crippen LogP contribution in [-0.2, 0) is 14.4 Å². The number of fused-ring (bicyclic) bond motifs is 2. The summed E-state index contributed by atoms with van der Waals surface area (Å²) in [5.41, 5.74) is 0.308. The summed E-state index contributed by atoms with van der Waals surface area (Å²) in [6.07, 6.45) is 1.65. The molecule has 2 amide bonds. The van der Waals surface area contributed by atoms with Crippen LogP contribution in [0, 0.1) is 11.7 Å². The molecule has 2 fully saturated rings. The molecule has 5 unspecified atom stereocenters. The van der Waals surface area contributed by atoms with E-state index in [9.17, 15) is 18.8 Å². The molecule has 1 aliphatic heterocycles. The molecule has 3 aliphatic rings. The highest BCUT2D eigenvalue weighted by molar-refractivity contribution is 6.31. The Balaban J connectivity index is 1.14. The van der Waals surface area contributed by atoms with Crippen LogP contribution in [0.3, 0.4) is 0 Å². The van der Waals surface area contributed by atoms with E-state index in [1.807, 2.05) is 0 Å². The number of benzene rings is 2. The average Bonchev–Trinajstić information content (AvgIpc) is 2.86. The maximum Gasteiger partial charge on any atom is 0.317 e. The molecule has 0 saturated heterocycles. The van der Waals surface area contributed by atoms with Crippen LogP contribution < -0.4 is 25.4 Å². The lowest BCUT2D eigenvalue weighted by atomic mass is 9.50. The van der Waals surface area contributed by atoms with Crippen LogP contribution in [0.5, 0.6) is 11.5 Å². The standard InChI is InChI=1S/C26H26Cl2FN3O6/c27-13-1-4-21-15(7-13)19(30-11-24(34)35)9-22(38-21)25(36)31-20-10-26(6-5-16(20)26)32-23(33)12-37-14-2-3-17(28)18(29)8-14/h1-4,7-8,16,19-20,22,30H,5-6,9-12H2,(H,31,36)(H,32,33)(H,34,35). The predicted octanol–water partition coefficient (Wildman–Crippen LogP) is 3.23. The van der Waals surface area contributed by atoms with Crippen molar-refractivity contribution in [2.45, 2.75) is 49.4 Å². The lowest BCUT2D eigenvalue weighted by Crippen LogP contribution is -2.76. The van der Waals surface area contributed by atoms with Gasteiger partial charge in [-0.3, -0.25) is 19.7 Å². The van der Waals surface area contributed by atoms with Gasteiger partial charge < -0.3 is 25.2 Å². The third kappa shape index (κ3) is 5.39. The number of rotatable bonds is 9. The zero-order valence-electron chi connectivity index (χ0n) is 20.1. The number of carboxylic acids is 1. The Morgan fingerprint density at radius 1 is 1.18 bits per heavy atom. The summed E-state index contributed by atoms with van der Waals surface area (Å²) in [4.78, 5) is 36.7. The van der Waals surface area contributed by atoms with Gasteiger partial charge in [-0.05, 0) is 49.6 Å². The molecule has 2 aliphatic carbocycles. The van der Waals surface area contributed by atoms with Crippen molar-refractivity contribution in [2.24, 2.45) is 5.92 Å². The van der Waals surface area contributed by atoms with E-state index in [1.165, 1.54) is 12.1 Å². The minimum atomic E-state index is -1.01. The van der Waals surface area contributed by atoms with E-state index in [4.69, 9.17) is 37.8 Å². The van der Waals surface area contributed by atoms with Gasteiger partial charge in [0.2, 0.25) is 0 Å². The molecule has 4 N–H and O–H groups in total. The Morgan fingerprint density at radius 3 is 2.68 bits per heavy atom. The van der Waals surface area contributed by atoms with Crippen LogP contribution in [0.4, 0.5) is 4.39 Å². The molecule has 2 saturated carbocycles. The van der Waals surface area contributed by atoms with Crippen molar-refractivity contribution in [3.05, 3.63) is 57.8 Å². The van der Waals surface area contributed by atoms with E-state index in [2.05, 4.69) is 16.0 Å². The first-order chi connectivity index (χ1) is 18.1. The normalized spacial score (nSPS) is 26.9.